The van der Waals surface area contributed by atoms with Crippen molar-refractivity contribution < 1.29 is 13.2 Å². The molecule has 0 radical (unpaired) electrons. The third-order valence-electron chi connectivity index (χ3n) is 2.40. The van der Waals surface area contributed by atoms with Crippen molar-refractivity contribution in [2.75, 3.05) is 28.3 Å². The summed E-state index contributed by atoms with van der Waals surface area (Å²) in [5.74, 6) is 0.528. The first kappa shape index (κ1) is 16.8. The molecule has 0 spiro atoms. The van der Waals surface area contributed by atoms with Crippen LogP contribution < -0.4 is 15.8 Å². The topological polar surface area (TPSA) is 101 Å². The zero-order chi connectivity index (χ0) is 15.2. The van der Waals surface area contributed by atoms with Gasteiger partial charge in [0.05, 0.1) is 18.0 Å². The van der Waals surface area contributed by atoms with Gasteiger partial charge in [-0.3, -0.25) is 9.52 Å². The van der Waals surface area contributed by atoms with Gasteiger partial charge in [0.1, 0.15) is 0 Å². The van der Waals surface area contributed by atoms with Crippen molar-refractivity contribution in [2.45, 2.75) is 12.5 Å². The Balaban J connectivity index is 2.68. The number of sulfonamides is 1. The molecule has 0 unspecified atom stereocenters. The Morgan fingerprint density at radius 1 is 1.40 bits per heavy atom. The van der Waals surface area contributed by atoms with E-state index in [1.165, 1.54) is 0 Å². The molecule has 0 bridgehead atoms. The van der Waals surface area contributed by atoms with Crippen LogP contribution in [0.5, 0.6) is 0 Å². The van der Waals surface area contributed by atoms with Crippen LogP contribution in [-0.4, -0.2) is 38.6 Å². The highest BCUT2D eigenvalue weighted by Crippen LogP contribution is 2.16. The predicted octanol–water partition coefficient (Wildman–Crippen LogP) is 1.08. The average Bonchev–Trinajstić information content (AvgIpc) is 2.34. The maximum absolute atomic E-state index is 11.8. The summed E-state index contributed by atoms with van der Waals surface area (Å²) < 4.78 is 24.6. The van der Waals surface area contributed by atoms with E-state index in [9.17, 15) is 13.2 Å². The molecular weight excluding hydrogens is 298 g/mol. The lowest BCUT2D eigenvalue weighted by atomic mass is 10.2. The van der Waals surface area contributed by atoms with Crippen LogP contribution in [0, 0.1) is 0 Å². The summed E-state index contributed by atoms with van der Waals surface area (Å²) >= 11 is 1.63. The lowest BCUT2D eigenvalue weighted by Crippen LogP contribution is -2.36. The number of nitrogens with two attached hydrogens (primary N) is 1. The van der Waals surface area contributed by atoms with E-state index >= 15 is 0 Å². The highest BCUT2D eigenvalue weighted by atomic mass is 32.2. The van der Waals surface area contributed by atoms with Crippen LogP contribution in [0.4, 0.5) is 11.4 Å². The van der Waals surface area contributed by atoms with Gasteiger partial charge in [-0.25, -0.2) is 8.42 Å². The van der Waals surface area contributed by atoms with Crippen LogP contribution in [0.25, 0.3) is 0 Å². The smallest absolute Gasteiger partial charge is 0.241 e. The third-order valence-corrected chi connectivity index (χ3v) is 3.65. The van der Waals surface area contributed by atoms with Crippen LogP contribution >= 0.6 is 11.8 Å². The van der Waals surface area contributed by atoms with E-state index in [0.717, 1.165) is 12.0 Å². The molecule has 0 saturated heterocycles. The van der Waals surface area contributed by atoms with Crippen LogP contribution in [0.3, 0.4) is 0 Å². The molecule has 1 aromatic rings. The second-order valence-electron chi connectivity index (χ2n) is 4.33. The minimum Gasteiger partial charge on any atom is -0.325 e. The number of carbonyl (C=O) groups excluding carboxylic acids is 1. The molecular formula is C12H19N3O3S2. The average molecular weight is 317 g/mol. The monoisotopic (exact) mass is 317 g/mol. The number of anilines is 2. The van der Waals surface area contributed by atoms with Crippen molar-refractivity contribution in [3.63, 3.8) is 0 Å². The fourth-order valence-electron chi connectivity index (χ4n) is 1.49. The van der Waals surface area contributed by atoms with Gasteiger partial charge in [-0.15, -0.1) is 0 Å². The Morgan fingerprint density at radius 3 is 2.65 bits per heavy atom. The molecule has 6 nitrogen and oxygen atoms in total. The first-order valence-electron chi connectivity index (χ1n) is 5.95. The highest BCUT2D eigenvalue weighted by Gasteiger charge is 2.13. The van der Waals surface area contributed by atoms with E-state index in [1.807, 2.05) is 6.26 Å². The Morgan fingerprint density at radius 2 is 2.05 bits per heavy atom. The molecule has 20 heavy (non-hydrogen) atoms. The fraction of sp³-hybridized carbons (Fsp3) is 0.417. The number of benzene rings is 1. The largest absolute Gasteiger partial charge is 0.325 e. The number of nitrogens with one attached hydrogen (secondary N) is 2. The summed E-state index contributed by atoms with van der Waals surface area (Å²) in [6.07, 6.45) is 3.61. The van der Waals surface area contributed by atoms with Crippen LogP contribution in [0.15, 0.2) is 24.3 Å². The van der Waals surface area contributed by atoms with Crippen LogP contribution in [0.1, 0.15) is 6.42 Å². The Bertz CT molecular complexity index is 561. The molecule has 0 aliphatic carbocycles. The first-order chi connectivity index (χ1) is 9.31. The molecule has 0 aliphatic rings. The van der Waals surface area contributed by atoms with Crippen molar-refractivity contribution >= 4 is 39.1 Å². The van der Waals surface area contributed by atoms with E-state index in [2.05, 4.69) is 10.0 Å². The van der Waals surface area contributed by atoms with Gasteiger partial charge < -0.3 is 11.1 Å². The quantitative estimate of drug-likeness (QED) is 0.698. The maximum atomic E-state index is 11.8. The predicted molar refractivity (Wildman–Crippen MR) is 84.5 cm³/mol. The summed E-state index contributed by atoms with van der Waals surface area (Å²) in [6.45, 7) is 0. The van der Waals surface area contributed by atoms with Gasteiger partial charge in [-0.2, -0.15) is 11.8 Å². The van der Waals surface area contributed by atoms with E-state index in [-0.39, 0.29) is 5.91 Å². The van der Waals surface area contributed by atoms with Gasteiger partial charge >= 0.3 is 0 Å². The van der Waals surface area contributed by atoms with E-state index in [1.54, 1.807) is 36.0 Å². The summed E-state index contributed by atoms with van der Waals surface area (Å²) in [5.41, 5.74) is 6.65. The molecule has 4 N–H and O–H groups in total. The molecule has 0 heterocycles. The van der Waals surface area contributed by atoms with Crippen molar-refractivity contribution in [2.24, 2.45) is 5.73 Å². The summed E-state index contributed by atoms with van der Waals surface area (Å²) in [4.78, 5) is 11.8. The van der Waals surface area contributed by atoms with Gasteiger partial charge in [0.2, 0.25) is 15.9 Å². The first-order valence-corrected chi connectivity index (χ1v) is 9.23. The molecule has 1 amide bonds. The lowest BCUT2D eigenvalue weighted by molar-refractivity contribution is -0.117. The SMILES string of the molecule is CSCC[C@@H](N)C(=O)Nc1cccc(NS(C)(=O)=O)c1. The molecule has 0 aromatic heterocycles. The molecule has 112 valence electrons. The molecule has 0 saturated carbocycles. The van der Waals surface area contributed by atoms with Crippen LogP contribution in [0.2, 0.25) is 0 Å². The molecule has 1 aromatic carbocycles. The van der Waals surface area contributed by atoms with Gasteiger partial charge in [0, 0.05) is 5.69 Å². The summed E-state index contributed by atoms with van der Waals surface area (Å²) in [7, 11) is -3.34. The zero-order valence-corrected chi connectivity index (χ0v) is 13.1. The number of rotatable bonds is 7. The van der Waals surface area contributed by atoms with E-state index in [0.29, 0.717) is 17.8 Å². The Hall–Kier alpha value is -1.25. The van der Waals surface area contributed by atoms with Crippen molar-refractivity contribution in [3.05, 3.63) is 24.3 Å². The molecule has 1 rings (SSSR count). The summed E-state index contributed by atoms with van der Waals surface area (Å²) in [6, 6.07) is 5.89. The van der Waals surface area contributed by atoms with Gasteiger partial charge in [-0.1, -0.05) is 6.07 Å². The van der Waals surface area contributed by atoms with Gasteiger partial charge in [0.25, 0.3) is 0 Å². The number of thioether (sulfide) groups is 1. The summed E-state index contributed by atoms with van der Waals surface area (Å²) in [5, 5.41) is 2.67. The second-order valence-corrected chi connectivity index (χ2v) is 7.07. The highest BCUT2D eigenvalue weighted by molar-refractivity contribution is 7.98. The van der Waals surface area contributed by atoms with E-state index in [4.69, 9.17) is 5.73 Å². The van der Waals surface area contributed by atoms with Gasteiger partial charge in [0.15, 0.2) is 0 Å². The molecule has 0 aliphatic heterocycles. The van der Waals surface area contributed by atoms with Crippen molar-refractivity contribution in [1.29, 1.82) is 0 Å². The van der Waals surface area contributed by atoms with E-state index < -0.39 is 16.1 Å². The standard InChI is InChI=1S/C12H19N3O3S2/c1-19-7-6-11(13)12(16)14-9-4-3-5-10(8-9)15-20(2,17)18/h3-5,8,11,15H,6-7,13H2,1-2H3,(H,14,16)/t11-/m1/s1. The molecule has 1 atom stereocenters. The van der Waals surface area contributed by atoms with Crippen LogP contribution in [-0.2, 0) is 14.8 Å². The minimum absolute atomic E-state index is 0.282. The third kappa shape index (κ3) is 6.27. The number of carbonyl (C=O) groups is 1. The lowest BCUT2D eigenvalue weighted by Gasteiger charge is -2.12. The maximum Gasteiger partial charge on any atom is 0.241 e. The normalized spacial score (nSPS) is 12.8. The van der Waals surface area contributed by atoms with Crippen molar-refractivity contribution in [3.8, 4) is 0 Å². The second kappa shape index (κ2) is 7.51. The zero-order valence-electron chi connectivity index (χ0n) is 11.4. The van der Waals surface area contributed by atoms with Crippen molar-refractivity contribution in [1.82, 2.24) is 0 Å². The van der Waals surface area contributed by atoms with Gasteiger partial charge in [-0.05, 0) is 36.6 Å². The number of hydrogen-bond acceptors (Lipinski definition) is 5. The Labute approximate surface area is 123 Å². The number of hydrogen-bond donors (Lipinski definition) is 3. The molecule has 8 heteroatoms. The Kier molecular flexibility index (Phi) is 6.31. The molecule has 0 fully saturated rings. The number of amides is 1. The fourth-order valence-corrected chi connectivity index (χ4v) is 2.53. The minimum atomic E-state index is -3.34.